The Morgan fingerprint density at radius 3 is 2.45 bits per heavy atom. The lowest BCUT2D eigenvalue weighted by Gasteiger charge is -2.58. The number of fused-ring (bicyclic) bond motifs is 5. The third-order valence-electron chi connectivity index (χ3n) is 10.9. The first-order valence-electron chi connectivity index (χ1n) is 13.7. The van der Waals surface area contributed by atoms with Crippen molar-refractivity contribution < 1.29 is 19.1 Å². The predicted molar refractivity (Wildman–Crippen MR) is 134 cm³/mol. The minimum atomic E-state index is -4.64. The maximum atomic E-state index is 12.3. The normalized spacial score (nSPS) is 41.7. The molecular formula is C28H47O4P. The van der Waals surface area contributed by atoms with E-state index in [0.717, 1.165) is 42.4 Å². The Kier molecular flexibility index (Phi) is 7.16. The lowest BCUT2D eigenvalue weighted by molar-refractivity contribution is -0.118. The van der Waals surface area contributed by atoms with Gasteiger partial charge in [0.1, 0.15) is 0 Å². The highest BCUT2D eigenvalue weighted by molar-refractivity contribution is 7.70. The van der Waals surface area contributed by atoms with Gasteiger partial charge in [-0.05, 0) is 97.7 Å². The van der Waals surface area contributed by atoms with E-state index in [1.165, 1.54) is 50.5 Å². The van der Waals surface area contributed by atoms with Crippen LogP contribution < -0.4 is 0 Å². The van der Waals surface area contributed by atoms with Gasteiger partial charge in [0.25, 0.3) is 0 Å². The fraction of sp³-hybridized carbons (Fsp3) is 0.893. The second kappa shape index (κ2) is 9.21. The molecule has 8 atom stereocenters. The number of allylic oxidation sites excluding steroid dienone is 2. The molecule has 188 valence electrons. The van der Waals surface area contributed by atoms with Crippen LogP contribution in [0.4, 0.5) is 0 Å². The van der Waals surface area contributed by atoms with Crippen molar-refractivity contribution in [2.45, 2.75) is 105 Å². The van der Waals surface area contributed by atoms with Crippen molar-refractivity contribution in [3.63, 3.8) is 0 Å². The lowest BCUT2D eigenvalue weighted by Crippen LogP contribution is -2.50. The van der Waals surface area contributed by atoms with E-state index in [0.29, 0.717) is 24.2 Å². The first-order valence-corrected chi connectivity index (χ1v) is 15.3. The lowest BCUT2D eigenvalue weighted by atomic mass is 9.46. The molecule has 0 aromatic rings. The van der Waals surface area contributed by atoms with Crippen LogP contribution in [0.5, 0.6) is 0 Å². The maximum absolute atomic E-state index is 12.3. The van der Waals surface area contributed by atoms with Crippen molar-refractivity contribution in [3.05, 3.63) is 11.6 Å². The third kappa shape index (κ3) is 4.58. The molecule has 0 aromatic heterocycles. The van der Waals surface area contributed by atoms with Gasteiger partial charge in [-0.15, -0.1) is 0 Å². The van der Waals surface area contributed by atoms with Gasteiger partial charge in [0, 0.05) is 5.92 Å². The van der Waals surface area contributed by atoms with Crippen molar-refractivity contribution in [3.8, 4) is 0 Å². The number of hydrogen-bond acceptors (Lipinski definition) is 2. The zero-order valence-electron chi connectivity index (χ0n) is 21.6. The number of hydrogen-bond donors (Lipinski definition) is 2. The fourth-order valence-electron chi connectivity index (χ4n) is 9.13. The summed E-state index contributed by atoms with van der Waals surface area (Å²) in [6.45, 7) is 12.2. The number of rotatable bonds is 7. The Balaban J connectivity index is 1.48. The van der Waals surface area contributed by atoms with Gasteiger partial charge in [-0.2, -0.15) is 0 Å². The molecule has 2 N–H and O–H groups in total. The summed E-state index contributed by atoms with van der Waals surface area (Å²) in [5.74, 6) is 4.17. The van der Waals surface area contributed by atoms with Gasteiger partial charge < -0.3 is 9.79 Å². The molecule has 4 aliphatic carbocycles. The standard InChI is InChI=1S/C28H47O4P/c1-18(2)7-6-8-19(3)23-11-12-24-22-10-9-21-17-20(26(29)33(30,31)32)13-15-27(21,4)25(22)14-16-28(23,24)5/h9,18-20,22-25H,6-8,10-17H2,1-5H3,(H2,30,31,32)/t19-,20?,22?,23-,24?,25?,27+,28-/m1/s1. The van der Waals surface area contributed by atoms with Crippen molar-refractivity contribution in [2.24, 2.45) is 52.3 Å². The fourth-order valence-corrected chi connectivity index (χ4v) is 9.83. The summed E-state index contributed by atoms with van der Waals surface area (Å²) in [5, 5.41) is 0. The molecule has 0 radical (unpaired) electrons. The van der Waals surface area contributed by atoms with Crippen LogP contribution in [0.15, 0.2) is 11.6 Å². The van der Waals surface area contributed by atoms with Crippen LogP contribution in [0.2, 0.25) is 0 Å². The third-order valence-corrected chi connectivity index (χ3v) is 11.9. The van der Waals surface area contributed by atoms with E-state index in [9.17, 15) is 19.1 Å². The molecule has 0 amide bonds. The van der Waals surface area contributed by atoms with Gasteiger partial charge in [0.15, 0.2) is 0 Å². The first kappa shape index (κ1) is 25.6. The van der Waals surface area contributed by atoms with E-state index >= 15 is 0 Å². The summed E-state index contributed by atoms with van der Waals surface area (Å²) >= 11 is 0. The van der Waals surface area contributed by atoms with Gasteiger partial charge in [-0.3, -0.25) is 9.36 Å². The van der Waals surface area contributed by atoms with Crippen LogP contribution in [0, 0.1) is 52.3 Å². The second-order valence-corrected chi connectivity index (χ2v) is 14.6. The molecule has 0 spiro atoms. The SMILES string of the molecule is CC(C)CCC[C@@H](C)[C@H]1CCC2C3CC=C4CC(C(=O)P(=O)(O)O)CC[C@]4(C)C3CC[C@@]21C. The number of carbonyl (C=O) groups is 1. The van der Waals surface area contributed by atoms with Crippen LogP contribution in [-0.4, -0.2) is 15.3 Å². The molecule has 0 bridgehead atoms. The average Bonchev–Trinajstić information content (AvgIpc) is 3.09. The van der Waals surface area contributed by atoms with E-state index < -0.39 is 19.0 Å². The molecule has 33 heavy (non-hydrogen) atoms. The Labute approximate surface area is 201 Å². The van der Waals surface area contributed by atoms with Crippen LogP contribution >= 0.6 is 7.60 Å². The van der Waals surface area contributed by atoms with Crippen LogP contribution in [0.1, 0.15) is 105 Å². The van der Waals surface area contributed by atoms with Crippen LogP contribution in [0.3, 0.4) is 0 Å². The van der Waals surface area contributed by atoms with Crippen molar-refractivity contribution >= 4 is 13.1 Å². The second-order valence-electron chi connectivity index (χ2n) is 13.1. The molecule has 0 heterocycles. The highest BCUT2D eigenvalue weighted by atomic mass is 31.2. The van der Waals surface area contributed by atoms with Gasteiger partial charge in [0.2, 0.25) is 5.52 Å². The maximum Gasteiger partial charge on any atom is 0.391 e. The van der Waals surface area contributed by atoms with Gasteiger partial charge in [-0.1, -0.05) is 65.5 Å². The largest absolute Gasteiger partial charge is 0.391 e. The quantitative estimate of drug-likeness (QED) is 0.296. The molecule has 5 heteroatoms. The Morgan fingerprint density at radius 2 is 1.79 bits per heavy atom. The molecule has 0 saturated heterocycles. The van der Waals surface area contributed by atoms with Crippen molar-refractivity contribution in [1.82, 2.24) is 0 Å². The Hall–Kier alpha value is -0.440. The first-order chi connectivity index (χ1) is 15.4. The van der Waals surface area contributed by atoms with E-state index in [2.05, 4.69) is 40.7 Å². The van der Waals surface area contributed by atoms with Crippen LogP contribution in [0.25, 0.3) is 0 Å². The molecule has 3 saturated carbocycles. The minimum Gasteiger partial charge on any atom is -0.319 e. The summed E-state index contributed by atoms with van der Waals surface area (Å²) < 4.78 is 11.6. The molecule has 3 fully saturated rings. The van der Waals surface area contributed by atoms with Gasteiger partial charge in [-0.25, -0.2) is 0 Å². The highest BCUT2D eigenvalue weighted by Gasteiger charge is 2.59. The summed E-state index contributed by atoms with van der Waals surface area (Å²) in [5.41, 5.74) is 1.06. The zero-order valence-corrected chi connectivity index (χ0v) is 22.4. The summed E-state index contributed by atoms with van der Waals surface area (Å²) in [6, 6.07) is 0. The molecule has 4 aliphatic rings. The monoisotopic (exact) mass is 478 g/mol. The Morgan fingerprint density at radius 1 is 1.06 bits per heavy atom. The molecule has 4 rings (SSSR count). The van der Waals surface area contributed by atoms with Gasteiger partial charge >= 0.3 is 7.60 Å². The summed E-state index contributed by atoms with van der Waals surface area (Å²) in [7, 11) is -4.64. The summed E-state index contributed by atoms with van der Waals surface area (Å²) in [6.07, 6.45) is 15.0. The molecule has 4 unspecified atom stereocenters. The van der Waals surface area contributed by atoms with E-state index in [1.807, 2.05) is 0 Å². The van der Waals surface area contributed by atoms with Crippen LogP contribution in [-0.2, 0) is 9.36 Å². The smallest absolute Gasteiger partial charge is 0.319 e. The molecule has 0 aliphatic heterocycles. The molecular weight excluding hydrogens is 431 g/mol. The number of carbonyl (C=O) groups excluding carboxylic acids is 1. The zero-order chi connectivity index (χ0) is 24.2. The van der Waals surface area contributed by atoms with Gasteiger partial charge in [0.05, 0.1) is 0 Å². The van der Waals surface area contributed by atoms with E-state index in [1.54, 1.807) is 0 Å². The van der Waals surface area contributed by atoms with E-state index in [-0.39, 0.29) is 5.41 Å². The molecule has 0 aromatic carbocycles. The highest BCUT2D eigenvalue weighted by Crippen LogP contribution is 2.68. The van der Waals surface area contributed by atoms with E-state index in [4.69, 9.17) is 0 Å². The van der Waals surface area contributed by atoms with Crippen molar-refractivity contribution in [1.29, 1.82) is 0 Å². The molecule has 4 nitrogen and oxygen atoms in total. The average molecular weight is 479 g/mol. The predicted octanol–water partition coefficient (Wildman–Crippen LogP) is 7.35. The topological polar surface area (TPSA) is 74.6 Å². The summed E-state index contributed by atoms with van der Waals surface area (Å²) in [4.78, 5) is 31.1. The minimum absolute atomic E-state index is 0.108. The Bertz CT molecular complexity index is 828. The van der Waals surface area contributed by atoms with Crippen molar-refractivity contribution in [2.75, 3.05) is 0 Å².